The second kappa shape index (κ2) is 7.90. The lowest BCUT2D eigenvalue weighted by Crippen LogP contribution is -2.49. The third-order valence-corrected chi connectivity index (χ3v) is 4.81. The number of esters is 1. The first-order valence-electron chi connectivity index (χ1n) is 8.59. The van der Waals surface area contributed by atoms with Crippen LogP contribution in [-0.4, -0.2) is 35.1 Å². The number of hydrogen-bond acceptors (Lipinski definition) is 6. The summed E-state index contributed by atoms with van der Waals surface area (Å²) in [6, 6.07) is 8.57. The summed E-state index contributed by atoms with van der Waals surface area (Å²) in [4.78, 5) is 36.2. The van der Waals surface area contributed by atoms with Gasteiger partial charge >= 0.3 is 5.97 Å². The van der Waals surface area contributed by atoms with Crippen molar-refractivity contribution < 1.29 is 29.3 Å². The van der Waals surface area contributed by atoms with E-state index in [4.69, 9.17) is 16.3 Å². The van der Waals surface area contributed by atoms with Crippen molar-refractivity contribution in [1.82, 2.24) is 5.32 Å². The van der Waals surface area contributed by atoms with Gasteiger partial charge < -0.3 is 25.1 Å². The highest BCUT2D eigenvalue weighted by atomic mass is 35.5. The molecule has 2 aromatic carbocycles. The van der Waals surface area contributed by atoms with Gasteiger partial charge in [0, 0.05) is 11.4 Å². The first-order chi connectivity index (χ1) is 13.3. The highest BCUT2D eigenvalue weighted by molar-refractivity contribution is 6.32. The van der Waals surface area contributed by atoms with Gasteiger partial charge in [-0.3, -0.25) is 4.79 Å². The predicted molar refractivity (Wildman–Crippen MR) is 98.1 cm³/mol. The lowest BCUT2D eigenvalue weighted by atomic mass is 9.95. The lowest BCUT2D eigenvalue weighted by Gasteiger charge is -2.25. The minimum atomic E-state index is -1.48. The van der Waals surface area contributed by atoms with Gasteiger partial charge in [-0.05, 0) is 30.5 Å². The van der Waals surface area contributed by atoms with Crippen LogP contribution in [0.5, 0.6) is 5.75 Å². The van der Waals surface area contributed by atoms with Crippen molar-refractivity contribution in [1.29, 1.82) is 0 Å². The van der Waals surface area contributed by atoms with Crippen molar-refractivity contribution in [2.45, 2.75) is 31.9 Å². The number of carboxylic acid groups (broad SMARTS) is 1. The molecular weight excluding hydrogens is 386 g/mol. The third kappa shape index (κ3) is 3.94. The second-order valence-corrected chi connectivity index (χ2v) is 6.97. The molecule has 146 valence electrons. The number of phenolic OH excluding ortho intramolecular Hbond substituents is 1. The summed E-state index contributed by atoms with van der Waals surface area (Å²) in [5.74, 6) is -3.75. The summed E-state index contributed by atoms with van der Waals surface area (Å²) in [6.07, 6.45) is -0.121. The second-order valence-electron chi connectivity index (χ2n) is 6.56. The van der Waals surface area contributed by atoms with E-state index in [2.05, 4.69) is 5.32 Å². The van der Waals surface area contributed by atoms with Crippen LogP contribution >= 0.6 is 11.6 Å². The van der Waals surface area contributed by atoms with Crippen molar-refractivity contribution in [2.75, 3.05) is 0 Å². The van der Waals surface area contributed by atoms with Crippen LogP contribution in [0.3, 0.4) is 0 Å². The van der Waals surface area contributed by atoms with E-state index >= 15 is 0 Å². The highest BCUT2D eigenvalue weighted by Gasteiger charge is 2.32. The molecule has 1 aliphatic rings. The van der Waals surface area contributed by atoms with E-state index in [0.29, 0.717) is 17.5 Å². The molecule has 8 heteroatoms. The summed E-state index contributed by atoms with van der Waals surface area (Å²) >= 11 is 6.20. The van der Waals surface area contributed by atoms with Crippen LogP contribution in [-0.2, 0) is 22.4 Å². The van der Waals surface area contributed by atoms with Crippen LogP contribution in [0.15, 0.2) is 36.4 Å². The number of fused-ring (bicyclic) bond motifs is 1. The largest absolute Gasteiger partial charge is 0.548 e. The fourth-order valence-corrected chi connectivity index (χ4v) is 3.40. The number of amides is 1. The molecule has 2 atom stereocenters. The number of aliphatic carboxylic acids is 1. The van der Waals surface area contributed by atoms with E-state index in [0.717, 1.165) is 0 Å². The summed E-state index contributed by atoms with van der Waals surface area (Å²) in [5, 5.41) is 24.3. The van der Waals surface area contributed by atoms with Crippen molar-refractivity contribution >= 4 is 29.4 Å². The number of hydrogen-bond donors (Lipinski definition) is 2. The van der Waals surface area contributed by atoms with E-state index in [1.54, 1.807) is 37.3 Å². The van der Waals surface area contributed by atoms with E-state index < -0.39 is 35.7 Å². The Labute approximate surface area is 165 Å². The third-order valence-electron chi connectivity index (χ3n) is 4.47. The Hall–Kier alpha value is -3.06. The fraction of sp³-hybridized carbons (Fsp3) is 0.250. The van der Waals surface area contributed by atoms with Crippen molar-refractivity contribution in [3.05, 3.63) is 63.7 Å². The molecule has 0 spiro atoms. The van der Waals surface area contributed by atoms with Gasteiger partial charge in [-0.1, -0.05) is 41.9 Å². The van der Waals surface area contributed by atoms with Gasteiger partial charge in [-0.15, -0.1) is 0 Å². The minimum absolute atomic E-state index is 0.00605. The number of aromatic hydroxyl groups is 1. The lowest BCUT2D eigenvalue weighted by molar-refractivity contribution is -0.308. The quantitative estimate of drug-likeness (QED) is 0.727. The van der Waals surface area contributed by atoms with E-state index in [-0.39, 0.29) is 22.6 Å². The van der Waals surface area contributed by atoms with Crippen molar-refractivity contribution in [3.8, 4) is 5.75 Å². The van der Waals surface area contributed by atoms with Gasteiger partial charge in [0.1, 0.15) is 17.4 Å². The van der Waals surface area contributed by atoms with E-state index in [1.807, 2.05) is 0 Å². The number of carbonyl (C=O) groups is 3. The number of carbonyl (C=O) groups excluding carboxylic acids is 3. The maximum absolute atomic E-state index is 12.6. The molecule has 7 nitrogen and oxygen atoms in total. The molecule has 1 amide bonds. The zero-order valence-corrected chi connectivity index (χ0v) is 15.7. The summed E-state index contributed by atoms with van der Waals surface area (Å²) in [6.45, 7) is 1.68. The monoisotopic (exact) mass is 402 g/mol. The van der Waals surface area contributed by atoms with Gasteiger partial charge in [0.2, 0.25) is 0 Å². The Kier molecular flexibility index (Phi) is 5.56. The number of rotatable bonds is 5. The topological polar surface area (TPSA) is 116 Å². The number of benzene rings is 2. The number of ether oxygens (including phenoxy) is 1. The Morgan fingerprint density at radius 1 is 1.36 bits per heavy atom. The molecule has 3 rings (SSSR count). The SMILES string of the molecule is C[C@@H]1Cc2c(Cl)cc(C(=O)N[C@@H](Cc3ccccc3)C(=O)[O-])c(O)c2C(=O)O1. The zero-order chi connectivity index (χ0) is 20.4. The predicted octanol–water partition coefficient (Wildman–Crippen LogP) is 1.24. The molecule has 1 heterocycles. The molecule has 0 saturated carbocycles. The van der Waals surface area contributed by atoms with Crippen molar-refractivity contribution in [2.24, 2.45) is 0 Å². The molecule has 0 radical (unpaired) electrons. The molecule has 2 N–H and O–H groups in total. The molecule has 0 saturated heterocycles. The number of halogens is 1. The van der Waals surface area contributed by atoms with Gasteiger partial charge in [0.25, 0.3) is 5.91 Å². The normalized spacial score (nSPS) is 16.6. The molecule has 2 aromatic rings. The average molecular weight is 403 g/mol. The Morgan fingerprint density at radius 2 is 2.04 bits per heavy atom. The van der Waals surface area contributed by atoms with Gasteiger partial charge in [-0.25, -0.2) is 4.79 Å². The number of cyclic esters (lactones) is 1. The van der Waals surface area contributed by atoms with Gasteiger partial charge in [0.05, 0.1) is 17.6 Å². The first-order valence-corrected chi connectivity index (χ1v) is 8.96. The molecule has 1 aliphatic heterocycles. The van der Waals surface area contributed by atoms with E-state index in [1.165, 1.54) is 6.07 Å². The number of phenols is 1. The number of nitrogens with one attached hydrogen (secondary N) is 1. The van der Waals surface area contributed by atoms with E-state index in [9.17, 15) is 24.6 Å². The Morgan fingerprint density at radius 3 is 2.68 bits per heavy atom. The fourth-order valence-electron chi connectivity index (χ4n) is 3.12. The maximum atomic E-state index is 12.6. The molecule has 28 heavy (non-hydrogen) atoms. The summed E-state index contributed by atoms with van der Waals surface area (Å²) in [7, 11) is 0. The summed E-state index contributed by atoms with van der Waals surface area (Å²) in [5.41, 5.74) is 0.584. The molecule has 0 fully saturated rings. The minimum Gasteiger partial charge on any atom is -0.548 e. The number of carboxylic acids is 1. The van der Waals surface area contributed by atoms with Crippen LogP contribution in [0.4, 0.5) is 0 Å². The molecule has 0 bridgehead atoms. The average Bonchev–Trinajstić information content (AvgIpc) is 2.64. The van der Waals surface area contributed by atoms with Crippen LogP contribution in [0.1, 0.15) is 38.8 Å². The van der Waals surface area contributed by atoms with Crippen LogP contribution < -0.4 is 10.4 Å². The van der Waals surface area contributed by atoms with Gasteiger partial charge in [0.15, 0.2) is 0 Å². The Bertz CT molecular complexity index is 943. The standard InChI is InChI=1S/C20H18ClNO6/c1-10-7-12-14(21)9-13(17(23)16(12)20(27)28-10)18(24)22-15(19(25)26)8-11-5-3-2-4-6-11/h2-6,9-10,15,23H,7-8H2,1H3,(H,22,24)(H,25,26)/p-1/t10-,15+/m1/s1. The van der Waals surface area contributed by atoms with Crippen molar-refractivity contribution in [3.63, 3.8) is 0 Å². The summed E-state index contributed by atoms with van der Waals surface area (Å²) < 4.78 is 5.09. The molecule has 0 unspecified atom stereocenters. The Balaban J connectivity index is 1.89. The van der Waals surface area contributed by atoms with Crippen LogP contribution in [0.25, 0.3) is 0 Å². The smallest absolute Gasteiger partial charge is 0.342 e. The highest BCUT2D eigenvalue weighted by Crippen LogP contribution is 2.36. The van der Waals surface area contributed by atoms with Crippen LogP contribution in [0.2, 0.25) is 5.02 Å². The molecule has 0 aromatic heterocycles. The van der Waals surface area contributed by atoms with Gasteiger partial charge in [-0.2, -0.15) is 0 Å². The maximum Gasteiger partial charge on any atom is 0.342 e. The zero-order valence-electron chi connectivity index (χ0n) is 14.9. The molecule has 0 aliphatic carbocycles. The molecular formula is C20H17ClNO6-. The van der Waals surface area contributed by atoms with Crippen LogP contribution in [0, 0.1) is 0 Å². The first kappa shape index (κ1) is 19.7.